The number of aliphatic carboxylic acids is 1. The van der Waals surface area contributed by atoms with Crippen LogP contribution < -0.4 is 15.5 Å². The SMILES string of the molecule is CC1NC(C)C(c2ccc(N3CCC(CC(=O)O)CC3)cc2)NC1C#N. The molecule has 0 spiro atoms. The van der Waals surface area contributed by atoms with E-state index in [1.807, 2.05) is 6.92 Å². The van der Waals surface area contributed by atoms with E-state index in [1.165, 1.54) is 11.3 Å². The third-order valence-electron chi connectivity index (χ3n) is 5.72. The van der Waals surface area contributed by atoms with Gasteiger partial charge in [0, 0.05) is 43.3 Å². The molecule has 4 unspecified atom stereocenters. The van der Waals surface area contributed by atoms with Crippen molar-refractivity contribution in [1.29, 1.82) is 5.26 Å². The molecule has 0 saturated carbocycles. The van der Waals surface area contributed by atoms with E-state index in [4.69, 9.17) is 5.11 Å². The van der Waals surface area contributed by atoms with Gasteiger partial charge in [-0.05, 0) is 50.3 Å². The molecular weight excluding hydrogens is 328 g/mol. The molecular formula is C20H28N4O2. The quantitative estimate of drug-likeness (QED) is 0.767. The van der Waals surface area contributed by atoms with E-state index in [1.54, 1.807) is 0 Å². The highest BCUT2D eigenvalue weighted by atomic mass is 16.4. The van der Waals surface area contributed by atoms with Crippen LogP contribution in [0.2, 0.25) is 0 Å². The Labute approximate surface area is 155 Å². The third kappa shape index (κ3) is 4.17. The summed E-state index contributed by atoms with van der Waals surface area (Å²) in [5.41, 5.74) is 2.37. The fourth-order valence-electron chi connectivity index (χ4n) is 4.16. The first-order valence-electron chi connectivity index (χ1n) is 9.46. The van der Waals surface area contributed by atoms with Gasteiger partial charge in [0.25, 0.3) is 0 Å². The van der Waals surface area contributed by atoms with Gasteiger partial charge >= 0.3 is 5.97 Å². The number of hydrogen-bond acceptors (Lipinski definition) is 5. The van der Waals surface area contributed by atoms with Crippen LogP contribution in [0.1, 0.15) is 44.7 Å². The molecule has 26 heavy (non-hydrogen) atoms. The fraction of sp³-hybridized carbons (Fsp3) is 0.600. The maximum Gasteiger partial charge on any atom is 0.303 e. The number of nitrogens with one attached hydrogen (secondary N) is 2. The van der Waals surface area contributed by atoms with Gasteiger partial charge in [-0.15, -0.1) is 0 Å². The van der Waals surface area contributed by atoms with Crippen molar-refractivity contribution >= 4 is 11.7 Å². The summed E-state index contributed by atoms with van der Waals surface area (Å²) < 4.78 is 0. The number of carboxylic acids is 1. The summed E-state index contributed by atoms with van der Waals surface area (Å²) in [7, 11) is 0. The number of anilines is 1. The summed E-state index contributed by atoms with van der Waals surface area (Å²) in [6.07, 6.45) is 2.14. The Kier molecular flexibility index (Phi) is 5.80. The van der Waals surface area contributed by atoms with Crippen LogP contribution in [0.4, 0.5) is 5.69 Å². The van der Waals surface area contributed by atoms with E-state index < -0.39 is 5.97 Å². The molecule has 6 nitrogen and oxygen atoms in total. The molecule has 2 fully saturated rings. The second-order valence-corrected chi connectivity index (χ2v) is 7.61. The van der Waals surface area contributed by atoms with Crippen molar-refractivity contribution in [1.82, 2.24) is 10.6 Å². The summed E-state index contributed by atoms with van der Waals surface area (Å²) in [5, 5.41) is 25.2. The van der Waals surface area contributed by atoms with Crippen LogP contribution in [0.3, 0.4) is 0 Å². The van der Waals surface area contributed by atoms with Crippen LogP contribution in [0, 0.1) is 17.2 Å². The highest BCUT2D eigenvalue weighted by molar-refractivity contribution is 5.67. The largest absolute Gasteiger partial charge is 0.481 e. The van der Waals surface area contributed by atoms with Gasteiger partial charge in [0.2, 0.25) is 0 Å². The van der Waals surface area contributed by atoms with Crippen molar-refractivity contribution in [3.63, 3.8) is 0 Å². The minimum Gasteiger partial charge on any atom is -0.481 e. The molecule has 2 heterocycles. The molecule has 0 amide bonds. The molecule has 1 aromatic carbocycles. The Balaban J connectivity index is 1.62. The van der Waals surface area contributed by atoms with Crippen LogP contribution in [-0.2, 0) is 4.79 Å². The normalized spacial score (nSPS) is 30.0. The van der Waals surface area contributed by atoms with Crippen LogP contribution >= 0.6 is 0 Å². The lowest BCUT2D eigenvalue weighted by Gasteiger charge is -2.39. The van der Waals surface area contributed by atoms with E-state index in [9.17, 15) is 10.1 Å². The van der Waals surface area contributed by atoms with Crippen molar-refractivity contribution in [2.75, 3.05) is 18.0 Å². The monoisotopic (exact) mass is 356 g/mol. The highest BCUT2D eigenvalue weighted by Crippen LogP contribution is 2.28. The van der Waals surface area contributed by atoms with Gasteiger partial charge < -0.3 is 15.3 Å². The molecule has 4 atom stereocenters. The summed E-state index contributed by atoms with van der Waals surface area (Å²) >= 11 is 0. The lowest BCUT2D eigenvalue weighted by Crippen LogP contribution is -2.59. The van der Waals surface area contributed by atoms with Gasteiger partial charge in [0.1, 0.15) is 6.04 Å². The van der Waals surface area contributed by atoms with Gasteiger partial charge in [-0.1, -0.05) is 12.1 Å². The Morgan fingerprint density at radius 2 is 1.85 bits per heavy atom. The second-order valence-electron chi connectivity index (χ2n) is 7.61. The number of rotatable bonds is 4. The van der Waals surface area contributed by atoms with Crippen LogP contribution in [0.15, 0.2) is 24.3 Å². The van der Waals surface area contributed by atoms with Gasteiger partial charge in [-0.2, -0.15) is 5.26 Å². The Morgan fingerprint density at radius 1 is 1.19 bits per heavy atom. The van der Waals surface area contributed by atoms with Crippen LogP contribution in [-0.4, -0.2) is 42.3 Å². The fourth-order valence-corrected chi connectivity index (χ4v) is 4.16. The molecule has 2 aliphatic heterocycles. The number of nitriles is 1. The van der Waals surface area contributed by atoms with E-state index in [2.05, 4.69) is 52.8 Å². The summed E-state index contributed by atoms with van der Waals surface area (Å²) in [6.45, 7) is 5.99. The molecule has 0 aliphatic carbocycles. The van der Waals surface area contributed by atoms with E-state index in [-0.39, 0.29) is 30.6 Å². The molecule has 3 rings (SSSR count). The van der Waals surface area contributed by atoms with Gasteiger partial charge in [0.15, 0.2) is 0 Å². The Hall–Kier alpha value is -2.10. The molecule has 2 saturated heterocycles. The molecule has 2 aliphatic rings. The second kappa shape index (κ2) is 8.07. The molecule has 140 valence electrons. The molecule has 1 aromatic rings. The predicted molar refractivity (Wildman–Crippen MR) is 101 cm³/mol. The number of benzene rings is 1. The Morgan fingerprint density at radius 3 is 2.42 bits per heavy atom. The van der Waals surface area contributed by atoms with Crippen molar-refractivity contribution in [3.05, 3.63) is 29.8 Å². The predicted octanol–water partition coefficient (Wildman–Crippen LogP) is 2.28. The molecule has 0 radical (unpaired) electrons. The van der Waals surface area contributed by atoms with E-state index in [0.29, 0.717) is 5.92 Å². The first kappa shape index (κ1) is 18.7. The number of carboxylic acid groups (broad SMARTS) is 1. The topological polar surface area (TPSA) is 88.4 Å². The number of carbonyl (C=O) groups is 1. The number of hydrogen-bond donors (Lipinski definition) is 3. The lowest BCUT2D eigenvalue weighted by atomic mass is 9.92. The average Bonchev–Trinajstić information content (AvgIpc) is 2.62. The number of piperazine rings is 1. The number of nitrogens with zero attached hydrogens (tertiary/aromatic N) is 2. The molecule has 0 bridgehead atoms. The van der Waals surface area contributed by atoms with E-state index >= 15 is 0 Å². The minimum absolute atomic E-state index is 0.117. The number of piperidine rings is 1. The summed E-state index contributed by atoms with van der Waals surface area (Å²) in [4.78, 5) is 13.2. The average molecular weight is 356 g/mol. The molecule has 0 aromatic heterocycles. The summed E-state index contributed by atoms with van der Waals surface area (Å²) in [5.74, 6) is -0.396. The van der Waals surface area contributed by atoms with Gasteiger partial charge in [-0.3, -0.25) is 10.1 Å². The van der Waals surface area contributed by atoms with Crippen LogP contribution in [0.25, 0.3) is 0 Å². The summed E-state index contributed by atoms with van der Waals surface area (Å²) in [6, 6.07) is 11.2. The highest BCUT2D eigenvalue weighted by Gasteiger charge is 2.32. The molecule has 3 N–H and O–H groups in total. The maximum atomic E-state index is 10.9. The first-order valence-corrected chi connectivity index (χ1v) is 9.46. The van der Waals surface area contributed by atoms with Crippen molar-refractivity contribution in [3.8, 4) is 6.07 Å². The Bertz CT molecular complexity index is 661. The lowest BCUT2D eigenvalue weighted by molar-refractivity contribution is -0.138. The van der Waals surface area contributed by atoms with Gasteiger partial charge in [-0.25, -0.2) is 0 Å². The molecule has 6 heteroatoms. The first-order chi connectivity index (χ1) is 12.5. The minimum atomic E-state index is -0.694. The van der Waals surface area contributed by atoms with Crippen LogP contribution in [0.5, 0.6) is 0 Å². The maximum absolute atomic E-state index is 10.9. The van der Waals surface area contributed by atoms with E-state index in [0.717, 1.165) is 25.9 Å². The van der Waals surface area contributed by atoms with Crippen molar-refractivity contribution < 1.29 is 9.90 Å². The zero-order valence-electron chi connectivity index (χ0n) is 15.5. The zero-order valence-corrected chi connectivity index (χ0v) is 15.5. The third-order valence-corrected chi connectivity index (χ3v) is 5.72. The van der Waals surface area contributed by atoms with Crippen molar-refractivity contribution in [2.24, 2.45) is 5.92 Å². The van der Waals surface area contributed by atoms with Crippen molar-refractivity contribution in [2.45, 2.75) is 57.3 Å². The smallest absolute Gasteiger partial charge is 0.303 e. The van der Waals surface area contributed by atoms with Gasteiger partial charge in [0.05, 0.1) is 6.07 Å². The zero-order chi connectivity index (χ0) is 18.7. The standard InChI is InChI=1S/C20H28N4O2/c1-13-18(12-21)23-20(14(2)22-13)16-3-5-17(6-4-16)24-9-7-15(8-10-24)11-19(25)26/h3-6,13-15,18,20,22-23H,7-11H2,1-2H3,(H,25,26).